The summed E-state index contributed by atoms with van der Waals surface area (Å²) in [6.07, 6.45) is 3.28. The third kappa shape index (κ3) is 4.20. The number of aromatic nitrogens is 4. The highest BCUT2D eigenvalue weighted by atomic mass is 79.9. The van der Waals surface area contributed by atoms with Gasteiger partial charge in [0.05, 0.1) is 24.7 Å². The minimum absolute atomic E-state index is 0.114. The van der Waals surface area contributed by atoms with Crippen LogP contribution in [0.25, 0.3) is 11.0 Å². The lowest BCUT2D eigenvalue weighted by atomic mass is 10.2. The number of halogens is 1. The van der Waals surface area contributed by atoms with Gasteiger partial charge in [0.1, 0.15) is 12.1 Å². The van der Waals surface area contributed by atoms with Gasteiger partial charge in [0.25, 0.3) is 5.91 Å². The highest BCUT2D eigenvalue weighted by Gasteiger charge is 2.10. The van der Waals surface area contributed by atoms with E-state index in [-0.39, 0.29) is 5.91 Å². The van der Waals surface area contributed by atoms with Crippen molar-refractivity contribution in [1.29, 1.82) is 0 Å². The molecule has 0 aliphatic carbocycles. The monoisotopic (exact) mass is 456 g/mol. The van der Waals surface area contributed by atoms with E-state index in [2.05, 4.69) is 47.7 Å². The van der Waals surface area contributed by atoms with Crippen LogP contribution in [-0.4, -0.2) is 32.2 Å². The second kappa shape index (κ2) is 8.49. The van der Waals surface area contributed by atoms with Gasteiger partial charge < -0.3 is 10.6 Å². The Hall–Kier alpha value is -2.78. The molecule has 4 aromatic rings. The Morgan fingerprint density at radius 2 is 2.04 bits per heavy atom. The Kier molecular flexibility index (Phi) is 5.63. The molecule has 7 nitrogen and oxygen atoms in total. The number of nitrogens with zero attached hydrogens (tertiary/aromatic N) is 4. The molecule has 0 spiro atoms. The minimum Gasteiger partial charge on any atom is -0.364 e. The quantitative estimate of drug-likeness (QED) is 0.442. The fourth-order valence-corrected chi connectivity index (χ4v) is 3.67. The van der Waals surface area contributed by atoms with Crippen LogP contribution in [0, 0.1) is 0 Å². The molecule has 3 heterocycles. The largest absolute Gasteiger partial charge is 0.364 e. The summed E-state index contributed by atoms with van der Waals surface area (Å²) in [4.78, 5) is 22.1. The number of benzene rings is 1. The first-order valence-corrected chi connectivity index (χ1v) is 10.3. The van der Waals surface area contributed by atoms with E-state index >= 15 is 0 Å². The minimum atomic E-state index is -0.114. The predicted octanol–water partition coefficient (Wildman–Crippen LogP) is 3.69. The van der Waals surface area contributed by atoms with Gasteiger partial charge >= 0.3 is 0 Å². The molecule has 0 fully saturated rings. The third-order valence-electron chi connectivity index (χ3n) is 4.16. The van der Waals surface area contributed by atoms with Crippen molar-refractivity contribution in [2.45, 2.75) is 13.1 Å². The number of nitrogens with one attached hydrogen (secondary N) is 2. The predicted molar refractivity (Wildman–Crippen MR) is 113 cm³/mol. The van der Waals surface area contributed by atoms with E-state index in [0.717, 1.165) is 21.3 Å². The van der Waals surface area contributed by atoms with Crippen LogP contribution in [-0.2, 0) is 13.1 Å². The van der Waals surface area contributed by atoms with Crippen LogP contribution in [0.5, 0.6) is 0 Å². The average molecular weight is 457 g/mol. The Bertz CT molecular complexity index is 1080. The summed E-state index contributed by atoms with van der Waals surface area (Å²) in [5.41, 5.74) is 1.36. The van der Waals surface area contributed by atoms with Gasteiger partial charge in [0, 0.05) is 21.5 Å². The van der Waals surface area contributed by atoms with Crippen LogP contribution in [0.2, 0.25) is 0 Å². The van der Waals surface area contributed by atoms with Crippen LogP contribution in [0.15, 0.2) is 58.8 Å². The summed E-state index contributed by atoms with van der Waals surface area (Å²) in [6, 6.07) is 11.4. The maximum Gasteiger partial charge on any atom is 0.251 e. The summed E-state index contributed by atoms with van der Waals surface area (Å²) in [7, 11) is 0. The van der Waals surface area contributed by atoms with E-state index in [1.165, 1.54) is 11.2 Å². The summed E-state index contributed by atoms with van der Waals surface area (Å²) < 4.78 is 2.71. The molecule has 0 bridgehead atoms. The van der Waals surface area contributed by atoms with E-state index in [0.29, 0.717) is 25.2 Å². The van der Waals surface area contributed by atoms with Gasteiger partial charge in [-0.2, -0.15) is 5.10 Å². The standard InChI is InChI=1S/C19H17BrN6OS/c20-14-5-3-13(4-6-14)19(27)21-7-8-26-18-16(11-25-26)17(23-12-24-18)22-10-15-2-1-9-28-15/h1-6,9,11-12H,7-8,10H2,(H,21,27)(H,22,23,24). The molecular formula is C19H17BrN6OS. The molecule has 3 aromatic heterocycles. The van der Waals surface area contributed by atoms with E-state index in [1.54, 1.807) is 34.3 Å². The highest BCUT2D eigenvalue weighted by molar-refractivity contribution is 9.10. The van der Waals surface area contributed by atoms with Crippen LogP contribution in [0.1, 0.15) is 15.2 Å². The molecule has 0 aliphatic heterocycles. The molecule has 0 atom stereocenters. The first kappa shape index (κ1) is 18.6. The van der Waals surface area contributed by atoms with Crippen LogP contribution in [0.4, 0.5) is 5.82 Å². The number of thiophene rings is 1. The lowest BCUT2D eigenvalue weighted by Gasteiger charge is -2.07. The normalized spacial score (nSPS) is 10.9. The lowest BCUT2D eigenvalue weighted by molar-refractivity contribution is 0.0952. The van der Waals surface area contributed by atoms with E-state index in [9.17, 15) is 4.79 Å². The summed E-state index contributed by atoms with van der Waals surface area (Å²) in [6.45, 7) is 1.68. The fraction of sp³-hybridized carbons (Fsp3) is 0.158. The topological polar surface area (TPSA) is 84.7 Å². The molecule has 0 saturated carbocycles. The van der Waals surface area contributed by atoms with Crippen molar-refractivity contribution in [1.82, 2.24) is 25.1 Å². The van der Waals surface area contributed by atoms with Crippen molar-refractivity contribution in [3.05, 3.63) is 69.2 Å². The first-order valence-electron chi connectivity index (χ1n) is 8.67. The van der Waals surface area contributed by atoms with Crippen LogP contribution < -0.4 is 10.6 Å². The number of fused-ring (bicyclic) bond motifs is 1. The lowest BCUT2D eigenvalue weighted by Crippen LogP contribution is -2.27. The Labute approximate surface area is 174 Å². The molecule has 0 saturated heterocycles. The van der Waals surface area contributed by atoms with Gasteiger partial charge in [0.2, 0.25) is 0 Å². The zero-order chi connectivity index (χ0) is 19.3. The smallest absolute Gasteiger partial charge is 0.251 e. The van der Waals surface area contributed by atoms with Crippen molar-refractivity contribution in [3.8, 4) is 0 Å². The molecular weight excluding hydrogens is 440 g/mol. The molecule has 1 aromatic carbocycles. The number of hydrogen-bond acceptors (Lipinski definition) is 6. The Morgan fingerprint density at radius 1 is 1.18 bits per heavy atom. The van der Waals surface area contributed by atoms with Crippen molar-refractivity contribution < 1.29 is 4.79 Å². The van der Waals surface area contributed by atoms with Gasteiger partial charge in [-0.1, -0.05) is 22.0 Å². The highest BCUT2D eigenvalue weighted by Crippen LogP contribution is 2.20. The second-order valence-corrected chi connectivity index (χ2v) is 7.97. The summed E-state index contributed by atoms with van der Waals surface area (Å²) in [5.74, 6) is 0.639. The van der Waals surface area contributed by atoms with Crippen LogP contribution >= 0.6 is 27.3 Å². The van der Waals surface area contributed by atoms with Gasteiger partial charge in [-0.25, -0.2) is 14.6 Å². The molecule has 1 amide bonds. The summed E-state index contributed by atoms with van der Waals surface area (Å²) >= 11 is 5.06. The molecule has 0 aliphatic rings. The molecule has 9 heteroatoms. The first-order chi connectivity index (χ1) is 13.7. The number of anilines is 1. The van der Waals surface area contributed by atoms with Gasteiger partial charge in [-0.05, 0) is 35.7 Å². The maximum absolute atomic E-state index is 12.2. The SMILES string of the molecule is O=C(NCCn1ncc2c(NCc3cccs3)ncnc21)c1ccc(Br)cc1. The van der Waals surface area contributed by atoms with E-state index < -0.39 is 0 Å². The van der Waals surface area contributed by atoms with Gasteiger partial charge in [-0.15, -0.1) is 11.3 Å². The number of carbonyl (C=O) groups is 1. The Morgan fingerprint density at radius 3 is 2.82 bits per heavy atom. The van der Waals surface area contributed by atoms with Crippen molar-refractivity contribution >= 4 is 50.0 Å². The molecule has 0 unspecified atom stereocenters. The zero-order valence-corrected chi connectivity index (χ0v) is 17.2. The van der Waals surface area contributed by atoms with E-state index in [1.807, 2.05) is 23.6 Å². The molecule has 2 N–H and O–H groups in total. The van der Waals surface area contributed by atoms with Crippen molar-refractivity contribution in [2.75, 3.05) is 11.9 Å². The molecule has 4 rings (SSSR count). The third-order valence-corrected chi connectivity index (χ3v) is 5.56. The van der Waals surface area contributed by atoms with Crippen molar-refractivity contribution in [2.24, 2.45) is 0 Å². The average Bonchev–Trinajstić information content (AvgIpc) is 3.37. The molecule has 28 heavy (non-hydrogen) atoms. The van der Waals surface area contributed by atoms with Crippen molar-refractivity contribution in [3.63, 3.8) is 0 Å². The van der Waals surface area contributed by atoms with Gasteiger partial charge in [0.15, 0.2) is 5.65 Å². The molecule has 0 radical (unpaired) electrons. The Balaban J connectivity index is 1.39. The number of rotatable bonds is 7. The maximum atomic E-state index is 12.2. The summed E-state index contributed by atoms with van der Waals surface area (Å²) in [5, 5.41) is 13.6. The number of amides is 1. The number of carbonyl (C=O) groups excluding carboxylic acids is 1. The molecule has 142 valence electrons. The van der Waals surface area contributed by atoms with Crippen LogP contribution in [0.3, 0.4) is 0 Å². The zero-order valence-electron chi connectivity index (χ0n) is 14.8. The fourth-order valence-electron chi connectivity index (χ4n) is 2.76. The number of hydrogen-bond donors (Lipinski definition) is 2. The van der Waals surface area contributed by atoms with E-state index in [4.69, 9.17) is 0 Å². The van der Waals surface area contributed by atoms with Gasteiger partial charge in [-0.3, -0.25) is 4.79 Å². The second-order valence-electron chi connectivity index (χ2n) is 6.02.